The molecule has 0 aromatic carbocycles. The first-order valence-corrected chi connectivity index (χ1v) is 6.35. The molecule has 0 unspecified atom stereocenters. The minimum atomic E-state index is -0.465. The fourth-order valence-electron chi connectivity index (χ4n) is 2.23. The third-order valence-corrected chi connectivity index (χ3v) is 3.01. The summed E-state index contributed by atoms with van der Waals surface area (Å²) in [6.45, 7) is 11.3. The van der Waals surface area contributed by atoms with Gasteiger partial charge in [0.2, 0.25) is 0 Å². The summed E-state index contributed by atoms with van der Waals surface area (Å²) < 4.78 is 5.37. The second-order valence-corrected chi connectivity index (χ2v) is 5.91. The van der Waals surface area contributed by atoms with E-state index >= 15 is 0 Å². The minimum Gasteiger partial charge on any atom is -0.444 e. The maximum atomic E-state index is 12.0. The zero-order valence-electron chi connectivity index (χ0n) is 11.9. The summed E-state index contributed by atoms with van der Waals surface area (Å²) in [5, 5.41) is 8.79. The third-order valence-electron chi connectivity index (χ3n) is 3.01. The monoisotopic (exact) mass is 253 g/mol. The van der Waals surface area contributed by atoms with Crippen molar-refractivity contribution in [3.63, 3.8) is 0 Å². The molecule has 5 nitrogen and oxygen atoms in total. The van der Waals surface area contributed by atoms with E-state index in [0.717, 1.165) is 0 Å². The van der Waals surface area contributed by atoms with Crippen LogP contribution in [0.4, 0.5) is 4.79 Å². The van der Waals surface area contributed by atoms with Crippen molar-refractivity contribution in [2.45, 2.75) is 52.3 Å². The van der Waals surface area contributed by atoms with Gasteiger partial charge in [0.1, 0.15) is 5.60 Å². The maximum absolute atomic E-state index is 12.0. The normalized spacial score (nSPS) is 25.7. The topological polar surface area (TPSA) is 56.6 Å². The Hall–Kier alpha value is -1.28. The van der Waals surface area contributed by atoms with Crippen LogP contribution in [0.1, 0.15) is 34.6 Å². The smallest absolute Gasteiger partial charge is 0.410 e. The average molecular weight is 253 g/mol. The van der Waals surface area contributed by atoms with Crippen molar-refractivity contribution in [1.82, 2.24) is 9.80 Å². The molecule has 0 saturated carbocycles. The molecule has 0 bridgehead atoms. The molecule has 1 fully saturated rings. The molecule has 0 spiro atoms. The molecule has 2 atom stereocenters. The van der Waals surface area contributed by atoms with E-state index in [1.165, 1.54) is 0 Å². The van der Waals surface area contributed by atoms with Crippen molar-refractivity contribution in [2.24, 2.45) is 0 Å². The molecule has 1 saturated heterocycles. The van der Waals surface area contributed by atoms with Crippen LogP contribution in [0.5, 0.6) is 0 Å². The van der Waals surface area contributed by atoms with Gasteiger partial charge in [-0.25, -0.2) is 4.79 Å². The lowest BCUT2D eigenvalue weighted by atomic mass is 10.1. The number of hydrogen-bond donors (Lipinski definition) is 0. The van der Waals surface area contributed by atoms with Crippen LogP contribution in [0.25, 0.3) is 0 Å². The van der Waals surface area contributed by atoms with Gasteiger partial charge in [-0.2, -0.15) is 5.26 Å². The number of ether oxygens (including phenoxy) is 1. The van der Waals surface area contributed by atoms with E-state index in [1.54, 1.807) is 4.90 Å². The third kappa shape index (κ3) is 3.88. The molecule has 1 rings (SSSR count). The number of carbonyl (C=O) groups excluding carboxylic acids is 1. The highest BCUT2D eigenvalue weighted by Crippen LogP contribution is 2.18. The van der Waals surface area contributed by atoms with Gasteiger partial charge in [-0.3, -0.25) is 4.90 Å². The van der Waals surface area contributed by atoms with Gasteiger partial charge >= 0.3 is 6.09 Å². The first-order chi connectivity index (χ1) is 8.24. The van der Waals surface area contributed by atoms with Crippen molar-refractivity contribution in [2.75, 3.05) is 19.6 Å². The van der Waals surface area contributed by atoms with Crippen LogP contribution in [-0.2, 0) is 4.74 Å². The Bertz CT molecular complexity index is 331. The number of nitriles is 1. The van der Waals surface area contributed by atoms with Gasteiger partial charge < -0.3 is 9.64 Å². The molecule has 0 aromatic heterocycles. The highest BCUT2D eigenvalue weighted by molar-refractivity contribution is 5.68. The molecule has 0 N–H and O–H groups in total. The van der Waals surface area contributed by atoms with E-state index < -0.39 is 5.60 Å². The van der Waals surface area contributed by atoms with Gasteiger partial charge in [0, 0.05) is 25.2 Å². The molecule has 18 heavy (non-hydrogen) atoms. The van der Waals surface area contributed by atoms with Crippen LogP contribution in [0.15, 0.2) is 0 Å². The summed E-state index contributed by atoms with van der Waals surface area (Å²) in [6.07, 6.45) is -0.266. The molecule has 1 aliphatic heterocycles. The lowest BCUT2D eigenvalue weighted by molar-refractivity contribution is -0.00432. The minimum absolute atomic E-state index is 0.181. The lowest BCUT2D eigenvalue weighted by Gasteiger charge is -2.43. The van der Waals surface area contributed by atoms with Gasteiger partial charge in [-0.05, 0) is 34.6 Å². The van der Waals surface area contributed by atoms with Gasteiger partial charge in [0.15, 0.2) is 0 Å². The van der Waals surface area contributed by atoms with Gasteiger partial charge in [-0.1, -0.05) is 0 Å². The summed E-state index contributed by atoms with van der Waals surface area (Å²) in [5.74, 6) is 0. The number of amides is 1. The summed E-state index contributed by atoms with van der Waals surface area (Å²) >= 11 is 0. The zero-order chi connectivity index (χ0) is 13.9. The molecule has 1 aliphatic rings. The fraction of sp³-hybridized carbons (Fsp3) is 0.846. The van der Waals surface area contributed by atoms with Crippen molar-refractivity contribution >= 4 is 6.09 Å². The second kappa shape index (κ2) is 5.57. The molecule has 5 heteroatoms. The Morgan fingerprint density at radius 2 is 1.83 bits per heavy atom. The summed E-state index contributed by atoms with van der Waals surface area (Å²) in [7, 11) is 0. The Morgan fingerprint density at radius 1 is 1.33 bits per heavy atom. The van der Waals surface area contributed by atoms with Crippen LogP contribution in [0, 0.1) is 11.3 Å². The van der Waals surface area contributed by atoms with Crippen molar-refractivity contribution in [1.29, 1.82) is 5.26 Å². The molecular weight excluding hydrogens is 230 g/mol. The SMILES string of the molecule is C[C@@H]1CN(C(=O)OC(C)(C)C)C[C@H](C)N1CC#N. The Morgan fingerprint density at radius 3 is 2.22 bits per heavy atom. The van der Waals surface area contributed by atoms with E-state index in [2.05, 4.69) is 11.0 Å². The summed E-state index contributed by atoms with van der Waals surface area (Å²) in [4.78, 5) is 15.8. The van der Waals surface area contributed by atoms with Crippen LogP contribution in [0.3, 0.4) is 0 Å². The molecule has 102 valence electrons. The first kappa shape index (κ1) is 14.8. The largest absolute Gasteiger partial charge is 0.444 e. The number of nitrogens with zero attached hydrogens (tertiary/aromatic N) is 3. The van der Waals surface area contributed by atoms with Crippen LogP contribution in [-0.4, -0.2) is 53.2 Å². The molecule has 1 amide bonds. The molecular formula is C13H23N3O2. The Labute approximate surface area is 109 Å². The predicted octanol–water partition coefficient (Wildman–Crippen LogP) is 1.84. The molecule has 0 radical (unpaired) electrons. The maximum Gasteiger partial charge on any atom is 0.410 e. The number of rotatable bonds is 1. The van der Waals surface area contributed by atoms with Crippen molar-refractivity contribution in [3.8, 4) is 6.07 Å². The zero-order valence-corrected chi connectivity index (χ0v) is 11.9. The van der Waals surface area contributed by atoms with Gasteiger partial charge in [-0.15, -0.1) is 0 Å². The molecule has 1 heterocycles. The highest BCUT2D eigenvalue weighted by Gasteiger charge is 2.33. The highest BCUT2D eigenvalue weighted by atomic mass is 16.6. The van der Waals surface area contributed by atoms with E-state index in [9.17, 15) is 4.79 Å². The van der Waals surface area contributed by atoms with Crippen LogP contribution < -0.4 is 0 Å². The molecule has 0 aromatic rings. The van der Waals surface area contributed by atoms with Crippen LogP contribution in [0.2, 0.25) is 0 Å². The Kier molecular flexibility index (Phi) is 4.58. The summed E-state index contributed by atoms with van der Waals surface area (Å²) in [6, 6.07) is 2.53. The second-order valence-electron chi connectivity index (χ2n) is 5.91. The van der Waals surface area contributed by atoms with Crippen LogP contribution >= 0.6 is 0 Å². The van der Waals surface area contributed by atoms with Gasteiger partial charge in [0.05, 0.1) is 12.6 Å². The predicted molar refractivity (Wildman–Crippen MR) is 69.1 cm³/mol. The summed E-state index contributed by atoms with van der Waals surface area (Å²) in [5.41, 5.74) is -0.465. The van der Waals surface area contributed by atoms with E-state index in [1.807, 2.05) is 34.6 Å². The fourth-order valence-corrected chi connectivity index (χ4v) is 2.23. The number of hydrogen-bond acceptors (Lipinski definition) is 4. The standard InChI is InChI=1S/C13H23N3O2/c1-10-8-15(12(17)18-13(3,4)5)9-11(2)16(10)7-6-14/h10-11H,7-9H2,1-5H3/t10-,11+. The number of piperazine rings is 1. The van der Waals surface area contributed by atoms with E-state index in [-0.39, 0.29) is 18.2 Å². The van der Waals surface area contributed by atoms with E-state index in [4.69, 9.17) is 10.00 Å². The average Bonchev–Trinajstić information content (AvgIpc) is 2.20. The van der Waals surface area contributed by atoms with Gasteiger partial charge in [0.25, 0.3) is 0 Å². The van der Waals surface area contributed by atoms with Crippen molar-refractivity contribution < 1.29 is 9.53 Å². The van der Waals surface area contributed by atoms with Crippen molar-refractivity contribution in [3.05, 3.63) is 0 Å². The Balaban J connectivity index is 2.63. The molecule has 0 aliphatic carbocycles. The lowest BCUT2D eigenvalue weighted by Crippen LogP contribution is -2.58. The first-order valence-electron chi connectivity index (χ1n) is 6.35. The number of carbonyl (C=O) groups is 1. The quantitative estimate of drug-likeness (QED) is 0.669. The van der Waals surface area contributed by atoms with E-state index in [0.29, 0.717) is 19.6 Å².